The summed E-state index contributed by atoms with van der Waals surface area (Å²) < 4.78 is 5.34. The number of hydrogen-bond donors (Lipinski definition) is 2. The Kier molecular flexibility index (Phi) is 8.38. The van der Waals surface area contributed by atoms with Gasteiger partial charge in [0.15, 0.2) is 0 Å². The van der Waals surface area contributed by atoms with Crippen molar-refractivity contribution < 1.29 is 9.53 Å². The molecule has 0 bridgehead atoms. The third kappa shape index (κ3) is 8.59. The van der Waals surface area contributed by atoms with E-state index in [4.69, 9.17) is 4.74 Å². The highest BCUT2D eigenvalue weighted by atomic mass is 16.6. The molecule has 0 aromatic heterocycles. The maximum absolute atomic E-state index is 11.9. The summed E-state index contributed by atoms with van der Waals surface area (Å²) in [5, 5.41) is 6.65. The van der Waals surface area contributed by atoms with E-state index in [1.54, 1.807) is 0 Å². The quantitative estimate of drug-likeness (QED) is 0.707. The summed E-state index contributed by atoms with van der Waals surface area (Å²) in [5.74, 6) is 1.68. The third-order valence-corrected chi connectivity index (χ3v) is 4.82. The van der Waals surface area contributed by atoms with Crippen LogP contribution in [-0.2, 0) is 4.74 Å². The molecule has 4 heteroatoms. The second kappa shape index (κ2) is 9.51. The summed E-state index contributed by atoms with van der Waals surface area (Å²) in [6, 6.07) is 0.724. The Hall–Kier alpha value is -0.770. The fourth-order valence-electron chi connectivity index (χ4n) is 3.28. The minimum atomic E-state index is -0.442. The van der Waals surface area contributed by atoms with Gasteiger partial charge in [0, 0.05) is 18.6 Å². The van der Waals surface area contributed by atoms with Crippen molar-refractivity contribution in [1.29, 1.82) is 0 Å². The normalized spacial score (nSPS) is 24.1. The zero-order chi connectivity index (χ0) is 17.5. The minimum Gasteiger partial charge on any atom is -0.444 e. The van der Waals surface area contributed by atoms with Crippen molar-refractivity contribution in [3.8, 4) is 0 Å². The number of rotatable bonds is 6. The Labute approximate surface area is 143 Å². The van der Waals surface area contributed by atoms with Gasteiger partial charge in [0.05, 0.1) is 0 Å². The number of amides is 1. The molecule has 0 spiro atoms. The summed E-state index contributed by atoms with van der Waals surface area (Å²) in [6.07, 6.45) is 7.11. The number of ether oxygens (including phenoxy) is 1. The SMILES string of the molecule is CCC(CNC1CCCC(C(C)C)CC1)NC(=O)OC(C)(C)C. The lowest BCUT2D eigenvalue weighted by molar-refractivity contribution is 0.0501. The average molecular weight is 327 g/mol. The lowest BCUT2D eigenvalue weighted by atomic mass is 9.89. The zero-order valence-electron chi connectivity index (χ0n) is 16.1. The van der Waals surface area contributed by atoms with Crippen LogP contribution in [0.2, 0.25) is 0 Å². The first-order valence-electron chi connectivity index (χ1n) is 9.44. The Morgan fingerprint density at radius 1 is 1.17 bits per heavy atom. The first kappa shape index (κ1) is 20.3. The van der Waals surface area contributed by atoms with Crippen LogP contribution in [0.1, 0.15) is 80.1 Å². The first-order chi connectivity index (χ1) is 10.7. The standard InChI is InChI=1S/C19H38N2O2/c1-7-16(21-18(22)23-19(4,5)6)13-20-17-10-8-9-15(11-12-17)14(2)3/h14-17,20H,7-13H2,1-6H3,(H,21,22). The molecule has 4 nitrogen and oxygen atoms in total. The van der Waals surface area contributed by atoms with E-state index in [1.165, 1.54) is 32.1 Å². The minimum absolute atomic E-state index is 0.133. The van der Waals surface area contributed by atoms with Crippen molar-refractivity contribution in [3.63, 3.8) is 0 Å². The summed E-state index contributed by atoms with van der Waals surface area (Å²) in [6.45, 7) is 13.3. The molecule has 0 aliphatic heterocycles. The number of carbonyl (C=O) groups is 1. The summed E-state index contributed by atoms with van der Waals surface area (Å²) in [7, 11) is 0. The van der Waals surface area contributed by atoms with Crippen LogP contribution in [-0.4, -0.2) is 30.3 Å². The van der Waals surface area contributed by atoms with Gasteiger partial charge in [-0.2, -0.15) is 0 Å². The third-order valence-electron chi connectivity index (χ3n) is 4.82. The molecule has 0 radical (unpaired) electrons. The first-order valence-corrected chi connectivity index (χ1v) is 9.44. The highest BCUT2D eigenvalue weighted by molar-refractivity contribution is 5.68. The van der Waals surface area contributed by atoms with Gasteiger partial charge >= 0.3 is 6.09 Å². The van der Waals surface area contributed by atoms with Gasteiger partial charge in [-0.1, -0.05) is 33.6 Å². The predicted molar refractivity (Wildman–Crippen MR) is 96.7 cm³/mol. The maximum Gasteiger partial charge on any atom is 0.407 e. The van der Waals surface area contributed by atoms with Gasteiger partial charge in [-0.3, -0.25) is 0 Å². The molecule has 0 saturated heterocycles. The van der Waals surface area contributed by atoms with Crippen LogP contribution in [0.25, 0.3) is 0 Å². The molecule has 1 aliphatic rings. The highest BCUT2D eigenvalue weighted by Crippen LogP contribution is 2.28. The molecule has 136 valence electrons. The Bertz CT molecular complexity index is 350. The zero-order valence-corrected chi connectivity index (χ0v) is 16.1. The van der Waals surface area contributed by atoms with Crippen LogP contribution in [0, 0.1) is 11.8 Å². The second-order valence-electron chi connectivity index (χ2n) is 8.37. The van der Waals surface area contributed by atoms with Gasteiger partial charge in [-0.25, -0.2) is 4.79 Å². The molecular formula is C19H38N2O2. The van der Waals surface area contributed by atoms with E-state index in [9.17, 15) is 4.79 Å². The van der Waals surface area contributed by atoms with Crippen molar-refractivity contribution in [3.05, 3.63) is 0 Å². The van der Waals surface area contributed by atoms with E-state index in [-0.39, 0.29) is 12.1 Å². The van der Waals surface area contributed by atoms with Crippen molar-refractivity contribution in [2.24, 2.45) is 11.8 Å². The van der Waals surface area contributed by atoms with E-state index in [1.807, 2.05) is 20.8 Å². The molecule has 1 aliphatic carbocycles. The maximum atomic E-state index is 11.9. The topological polar surface area (TPSA) is 50.4 Å². The van der Waals surface area contributed by atoms with Crippen LogP contribution in [0.15, 0.2) is 0 Å². The number of carbonyl (C=O) groups excluding carboxylic acids is 1. The van der Waals surface area contributed by atoms with Crippen molar-refractivity contribution in [2.75, 3.05) is 6.54 Å². The highest BCUT2D eigenvalue weighted by Gasteiger charge is 2.22. The van der Waals surface area contributed by atoms with Gasteiger partial charge in [-0.05, 0) is 58.3 Å². The van der Waals surface area contributed by atoms with Gasteiger partial charge < -0.3 is 15.4 Å². The molecule has 1 rings (SSSR count). The molecule has 0 aromatic rings. The molecule has 1 saturated carbocycles. The van der Waals surface area contributed by atoms with E-state index in [2.05, 4.69) is 31.4 Å². The van der Waals surface area contributed by atoms with Crippen molar-refractivity contribution in [1.82, 2.24) is 10.6 Å². The lowest BCUT2D eigenvalue weighted by Gasteiger charge is -2.25. The van der Waals surface area contributed by atoms with Crippen LogP contribution < -0.4 is 10.6 Å². The number of alkyl carbamates (subject to hydrolysis) is 1. The molecule has 1 amide bonds. The van der Waals surface area contributed by atoms with Gasteiger partial charge in [-0.15, -0.1) is 0 Å². The Morgan fingerprint density at radius 2 is 1.87 bits per heavy atom. The summed E-state index contributed by atoms with van der Waals surface area (Å²) >= 11 is 0. The van der Waals surface area contributed by atoms with E-state index in [0.29, 0.717) is 6.04 Å². The molecule has 1 fully saturated rings. The van der Waals surface area contributed by atoms with Crippen LogP contribution in [0.3, 0.4) is 0 Å². The van der Waals surface area contributed by atoms with Crippen LogP contribution >= 0.6 is 0 Å². The number of nitrogens with one attached hydrogen (secondary N) is 2. The molecule has 0 aromatic carbocycles. The summed E-state index contributed by atoms with van der Waals surface area (Å²) in [4.78, 5) is 11.9. The smallest absolute Gasteiger partial charge is 0.407 e. The molecule has 3 atom stereocenters. The van der Waals surface area contributed by atoms with Crippen LogP contribution in [0.5, 0.6) is 0 Å². The predicted octanol–water partition coefficient (Wildman–Crippen LogP) is 4.48. The Balaban J connectivity index is 2.35. The van der Waals surface area contributed by atoms with E-state index >= 15 is 0 Å². The molecule has 0 heterocycles. The fraction of sp³-hybridized carbons (Fsp3) is 0.947. The van der Waals surface area contributed by atoms with Crippen LogP contribution in [0.4, 0.5) is 4.79 Å². The Morgan fingerprint density at radius 3 is 2.43 bits per heavy atom. The molecule has 2 N–H and O–H groups in total. The molecule has 3 unspecified atom stereocenters. The largest absolute Gasteiger partial charge is 0.444 e. The van der Waals surface area contributed by atoms with E-state index < -0.39 is 5.60 Å². The van der Waals surface area contributed by atoms with Crippen molar-refractivity contribution in [2.45, 2.75) is 97.8 Å². The fourth-order valence-corrected chi connectivity index (χ4v) is 3.28. The average Bonchev–Trinajstić information content (AvgIpc) is 2.67. The summed E-state index contributed by atoms with van der Waals surface area (Å²) in [5.41, 5.74) is -0.442. The monoisotopic (exact) mass is 326 g/mol. The molecule has 23 heavy (non-hydrogen) atoms. The van der Waals surface area contributed by atoms with E-state index in [0.717, 1.165) is 24.8 Å². The van der Waals surface area contributed by atoms with Gasteiger partial charge in [0.1, 0.15) is 5.60 Å². The van der Waals surface area contributed by atoms with Gasteiger partial charge in [0.2, 0.25) is 0 Å². The van der Waals surface area contributed by atoms with Gasteiger partial charge in [0.25, 0.3) is 0 Å². The number of hydrogen-bond acceptors (Lipinski definition) is 3. The second-order valence-corrected chi connectivity index (χ2v) is 8.37. The lowest BCUT2D eigenvalue weighted by Crippen LogP contribution is -2.46. The molecular weight excluding hydrogens is 288 g/mol. The van der Waals surface area contributed by atoms with Crippen molar-refractivity contribution >= 4 is 6.09 Å².